The molecule has 1 aromatic carbocycles. The van der Waals surface area contributed by atoms with Crippen LogP contribution in [0.15, 0.2) is 59.8 Å². The Balaban J connectivity index is 2.04. The van der Waals surface area contributed by atoms with Gasteiger partial charge in [-0.2, -0.15) is 0 Å². The van der Waals surface area contributed by atoms with Gasteiger partial charge in [0, 0.05) is 23.4 Å². The Labute approximate surface area is 116 Å². The van der Waals surface area contributed by atoms with Gasteiger partial charge >= 0.3 is 0 Å². The third-order valence-electron chi connectivity index (χ3n) is 2.50. The smallest absolute Gasteiger partial charge is 0.248 e. The quantitative estimate of drug-likeness (QED) is 0.683. The lowest BCUT2D eigenvalue weighted by atomic mass is 10.2. The Bertz CT molecular complexity index is 582. The molecule has 2 rings (SSSR count). The molecule has 0 aliphatic carbocycles. The standard InChI is InChI=1S/C15H14N2OS/c1-19-14-5-3-2-4-13(14)17-15(18)7-6-12-8-10-16-11-9-12/h2-11H,1H3,(H,17,18)/b7-6+. The van der Waals surface area contributed by atoms with E-state index in [0.29, 0.717) is 0 Å². The van der Waals surface area contributed by atoms with Crippen LogP contribution in [0.5, 0.6) is 0 Å². The summed E-state index contributed by atoms with van der Waals surface area (Å²) in [6.07, 6.45) is 8.66. The maximum atomic E-state index is 11.8. The van der Waals surface area contributed by atoms with Crippen LogP contribution >= 0.6 is 11.8 Å². The first kappa shape index (κ1) is 13.4. The highest BCUT2D eigenvalue weighted by Gasteiger charge is 2.02. The van der Waals surface area contributed by atoms with E-state index in [1.807, 2.05) is 42.7 Å². The zero-order valence-corrected chi connectivity index (χ0v) is 11.4. The molecular formula is C15H14N2OS. The molecule has 0 saturated carbocycles. The van der Waals surface area contributed by atoms with Crippen LogP contribution in [0.4, 0.5) is 5.69 Å². The largest absolute Gasteiger partial charge is 0.321 e. The molecule has 0 fully saturated rings. The van der Waals surface area contributed by atoms with Gasteiger partial charge in [-0.3, -0.25) is 9.78 Å². The summed E-state index contributed by atoms with van der Waals surface area (Å²) in [7, 11) is 0. The molecular weight excluding hydrogens is 256 g/mol. The van der Waals surface area contributed by atoms with E-state index in [-0.39, 0.29) is 5.91 Å². The third kappa shape index (κ3) is 3.96. The van der Waals surface area contributed by atoms with Crippen molar-refractivity contribution in [1.82, 2.24) is 4.98 Å². The Kier molecular flexibility index (Phi) is 4.75. The summed E-state index contributed by atoms with van der Waals surface area (Å²) in [5.41, 5.74) is 1.78. The first-order chi connectivity index (χ1) is 9.29. The minimum Gasteiger partial charge on any atom is -0.321 e. The number of carbonyl (C=O) groups is 1. The summed E-state index contributed by atoms with van der Waals surface area (Å²) in [6.45, 7) is 0. The average Bonchev–Trinajstić information content (AvgIpc) is 2.47. The van der Waals surface area contributed by atoms with Gasteiger partial charge in [0.25, 0.3) is 0 Å². The molecule has 0 unspecified atom stereocenters. The molecule has 1 aromatic heterocycles. The Morgan fingerprint density at radius 1 is 1.21 bits per heavy atom. The van der Waals surface area contributed by atoms with Gasteiger partial charge in [-0.25, -0.2) is 0 Å². The molecule has 1 N–H and O–H groups in total. The summed E-state index contributed by atoms with van der Waals surface area (Å²) < 4.78 is 0. The van der Waals surface area contributed by atoms with Crippen LogP contribution in [0, 0.1) is 0 Å². The van der Waals surface area contributed by atoms with E-state index in [2.05, 4.69) is 10.3 Å². The highest BCUT2D eigenvalue weighted by molar-refractivity contribution is 7.98. The van der Waals surface area contributed by atoms with Gasteiger partial charge < -0.3 is 5.32 Å². The van der Waals surface area contributed by atoms with Crippen LogP contribution in [0.3, 0.4) is 0 Å². The second-order valence-corrected chi connectivity index (χ2v) is 4.65. The maximum absolute atomic E-state index is 11.8. The number of nitrogens with zero attached hydrogens (tertiary/aromatic N) is 1. The van der Waals surface area contributed by atoms with Crippen molar-refractivity contribution < 1.29 is 4.79 Å². The molecule has 96 valence electrons. The SMILES string of the molecule is CSc1ccccc1NC(=O)/C=C/c1ccncc1. The summed E-state index contributed by atoms with van der Waals surface area (Å²) in [6, 6.07) is 11.4. The molecule has 0 aliphatic heterocycles. The van der Waals surface area contributed by atoms with Crippen molar-refractivity contribution in [2.75, 3.05) is 11.6 Å². The highest BCUT2D eigenvalue weighted by atomic mass is 32.2. The van der Waals surface area contributed by atoms with Crippen molar-refractivity contribution in [3.05, 3.63) is 60.4 Å². The summed E-state index contributed by atoms with van der Waals surface area (Å²) in [5.74, 6) is -0.140. The van der Waals surface area contributed by atoms with Crippen LogP contribution in [0.2, 0.25) is 0 Å². The van der Waals surface area contributed by atoms with Crippen LogP contribution in [0.1, 0.15) is 5.56 Å². The lowest BCUT2D eigenvalue weighted by Gasteiger charge is -2.06. The van der Waals surface area contributed by atoms with E-state index >= 15 is 0 Å². The number of benzene rings is 1. The first-order valence-corrected chi connectivity index (χ1v) is 7.04. The first-order valence-electron chi connectivity index (χ1n) is 5.81. The van der Waals surface area contributed by atoms with Crippen molar-refractivity contribution in [2.45, 2.75) is 4.90 Å². The molecule has 0 saturated heterocycles. The van der Waals surface area contributed by atoms with E-state index in [4.69, 9.17) is 0 Å². The molecule has 1 amide bonds. The van der Waals surface area contributed by atoms with Gasteiger partial charge in [0.15, 0.2) is 0 Å². The number of anilines is 1. The van der Waals surface area contributed by atoms with Crippen molar-refractivity contribution in [2.24, 2.45) is 0 Å². The number of rotatable bonds is 4. The molecule has 2 aromatic rings. The number of thioether (sulfide) groups is 1. The minimum absolute atomic E-state index is 0.140. The fraction of sp³-hybridized carbons (Fsp3) is 0.0667. The van der Waals surface area contributed by atoms with E-state index in [0.717, 1.165) is 16.1 Å². The normalized spacial score (nSPS) is 10.6. The number of nitrogens with one attached hydrogen (secondary N) is 1. The van der Waals surface area contributed by atoms with Gasteiger partial charge in [0.1, 0.15) is 0 Å². The number of hydrogen-bond acceptors (Lipinski definition) is 3. The second kappa shape index (κ2) is 6.75. The molecule has 19 heavy (non-hydrogen) atoms. The minimum atomic E-state index is -0.140. The number of carbonyl (C=O) groups excluding carboxylic acids is 1. The average molecular weight is 270 g/mol. The number of hydrogen-bond donors (Lipinski definition) is 1. The molecule has 0 bridgehead atoms. The van der Waals surface area contributed by atoms with E-state index < -0.39 is 0 Å². The van der Waals surface area contributed by atoms with Crippen molar-refractivity contribution in [3.63, 3.8) is 0 Å². The molecule has 1 heterocycles. The van der Waals surface area contributed by atoms with Gasteiger partial charge in [-0.15, -0.1) is 11.8 Å². The monoisotopic (exact) mass is 270 g/mol. The fourth-order valence-electron chi connectivity index (χ4n) is 1.57. The van der Waals surface area contributed by atoms with Crippen LogP contribution < -0.4 is 5.32 Å². The fourth-order valence-corrected chi connectivity index (χ4v) is 2.12. The Morgan fingerprint density at radius 2 is 1.95 bits per heavy atom. The van der Waals surface area contributed by atoms with E-state index in [1.165, 1.54) is 6.08 Å². The van der Waals surface area contributed by atoms with Crippen LogP contribution in [-0.4, -0.2) is 17.1 Å². The Hall–Kier alpha value is -2.07. The van der Waals surface area contributed by atoms with Crippen molar-refractivity contribution in [3.8, 4) is 0 Å². The maximum Gasteiger partial charge on any atom is 0.248 e. The van der Waals surface area contributed by atoms with Gasteiger partial charge in [-0.1, -0.05) is 12.1 Å². The van der Waals surface area contributed by atoms with Crippen LogP contribution in [0.25, 0.3) is 6.08 Å². The molecule has 0 radical (unpaired) electrons. The zero-order valence-electron chi connectivity index (χ0n) is 10.5. The topological polar surface area (TPSA) is 42.0 Å². The van der Waals surface area contributed by atoms with Gasteiger partial charge in [-0.05, 0) is 42.2 Å². The van der Waals surface area contributed by atoms with Crippen LogP contribution in [-0.2, 0) is 4.79 Å². The summed E-state index contributed by atoms with van der Waals surface area (Å²) >= 11 is 1.60. The van der Waals surface area contributed by atoms with Crippen molar-refractivity contribution >= 4 is 29.4 Å². The molecule has 3 nitrogen and oxygen atoms in total. The number of amides is 1. The highest BCUT2D eigenvalue weighted by Crippen LogP contribution is 2.24. The van der Waals surface area contributed by atoms with Gasteiger partial charge in [0.2, 0.25) is 5.91 Å². The lowest BCUT2D eigenvalue weighted by molar-refractivity contribution is -0.111. The number of pyridine rings is 1. The third-order valence-corrected chi connectivity index (χ3v) is 3.29. The second-order valence-electron chi connectivity index (χ2n) is 3.80. The predicted molar refractivity (Wildman–Crippen MR) is 80.1 cm³/mol. The molecule has 0 aliphatic rings. The van der Waals surface area contributed by atoms with E-state index in [1.54, 1.807) is 30.2 Å². The lowest BCUT2D eigenvalue weighted by Crippen LogP contribution is -2.08. The Morgan fingerprint density at radius 3 is 2.68 bits per heavy atom. The zero-order chi connectivity index (χ0) is 13.5. The predicted octanol–water partition coefficient (Wildman–Crippen LogP) is 3.46. The summed E-state index contributed by atoms with van der Waals surface area (Å²) in [5, 5.41) is 2.87. The molecule has 4 heteroatoms. The van der Waals surface area contributed by atoms with Crippen molar-refractivity contribution in [1.29, 1.82) is 0 Å². The molecule has 0 atom stereocenters. The number of aromatic nitrogens is 1. The summed E-state index contributed by atoms with van der Waals surface area (Å²) in [4.78, 5) is 16.8. The van der Waals surface area contributed by atoms with Gasteiger partial charge in [0.05, 0.1) is 5.69 Å². The van der Waals surface area contributed by atoms with E-state index in [9.17, 15) is 4.79 Å². The molecule has 0 spiro atoms. The number of para-hydroxylation sites is 1.